The Kier molecular flexibility index (Phi) is 2.89. The maximum Gasteiger partial charge on any atom is 0.0834 e. The molecule has 2 aliphatic rings. The smallest absolute Gasteiger partial charge is 0.0834 e. The largest absolute Gasteiger partial charge is 0.375 e. The minimum Gasteiger partial charge on any atom is -0.375 e. The molecule has 2 saturated heterocycles. The molecule has 0 amide bonds. The number of nitrogens with one attached hydrogen (secondary N) is 1. The van der Waals surface area contributed by atoms with Crippen LogP contribution in [0.2, 0.25) is 5.02 Å². The van der Waals surface area contributed by atoms with Crippen LogP contribution in [0.15, 0.2) is 6.20 Å². The molecule has 94 valence electrons. The van der Waals surface area contributed by atoms with E-state index in [1.165, 1.54) is 12.8 Å². The second kappa shape index (κ2) is 4.26. The summed E-state index contributed by atoms with van der Waals surface area (Å²) in [6.07, 6.45) is 6.11. The van der Waals surface area contributed by atoms with E-state index < -0.39 is 0 Å². The Labute approximate surface area is 106 Å². The summed E-state index contributed by atoms with van der Waals surface area (Å²) in [5, 5.41) is 8.36. The molecule has 5 heteroatoms. The van der Waals surface area contributed by atoms with Crippen LogP contribution in [0.25, 0.3) is 0 Å². The van der Waals surface area contributed by atoms with Gasteiger partial charge in [-0.2, -0.15) is 5.10 Å². The minimum absolute atomic E-state index is 0.241. The number of aryl methyl sites for hydroxylation is 1. The highest BCUT2D eigenvalue weighted by Gasteiger charge is 2.45. The van der Waals surface area contributed by atoms with Gasteiger partial charge in [-0.05, 0) is 26.3 Å². The highest BCUT2D eigenvalue weighted by molar-refractivity contribution is 6.31. The van der Waals surface area contributed by atoms with Crippen molar-refractivity contribution in [1.82, 2.24) is 15.1 Å². The van der Waals surface area contributed by atoms with Gasteiger partial charge in [0.2, 0.25) is 0 Å². The Morgan fingerprint density at radius 2 is 2.41 bits per heavy atom. The molecule has 0 aromatic carbocycles. The number of fused-ring (bicyclic) bond motifs is 2. The predicted octanol–water partition coefficient (Wildman–Crippen LogP) is 1.90. The van der Waals surface area contributed by atoms with Gasteiger partial charge in [-0.3, -0.25) is 4.68 Å². The molecule has 0 saturated carbocycles. The van der Waals surface area contributed by atoms with Gasteiger partial charge in [-0.15, -0.1) is 0 Å². The molecule has 1 N–H and O–H groups in total. The van der Waals surface area contributed by atoms with E-state index in [1.807, 2.05) is 18.8 Å². The van der Waals surface area contributed by atoms with Crippen LogP contribution in [0.1, 0.15) is 31.0 Å². The first-order chi connectivity index (χ1) is 8.20. The fourth-order valence-electron chi connectivity index (χ4n) is 3.35. The molecule has 4 atom stereocenters. The third-order valence-electron chi connectivity index (χ3n) is 4.12. The first-order valence-corrected chi connectivity index (χ1v) is 6.58. The van der Waals surface area contributed by atoms with Crippen LogP contribution in [-0.2, 0) is 11.8 Å². The summed E-state index contributed by atoms with van der Waals surface area (Å²) < 4.78 is 7.80. The third-order valence-corrected chi connectivity index (χ3v) is 4.42. The molecule has 0 spiro atoms. The quantitative estimate of drug-likeness (QED) is 0.897. The fourth-order valence-corrected chi connectivity index (χ4v) is 3.64. The molecule has 2 fully saturated rings. The zero-order chi connectivity index (χ0) is 12.0. The van der Waals surface area contributed by atoms with E-state index >= 15 is 0 Å². The molecule has 0 radical (unpaired) electrons. The second-order valence-corrected chi connectivity index (χ2v) is 5.45. The standard InChI is InChI=1S/C12H18ClN3O/c1-14-11(12-9(13)6-15-16(12)2)8-5-7-3-4-10(8)17-7/h6-8,10-11,14H,3-5H2,1-2H3. The van der Waals surface area contributed by atoms with Crippen molar-refractivity contribution in [3.63, 3.8) is 0 Å². The molecular weight excluding hydrogens is 238 g/mol. The Hall–Kier alpha value is -0.580. The highest BCUT2D eigenvalue weighted by atomic mass is 35.5. The van der Waals surface area contributed by atoms with Crippen molar-refractivity contribution < 1.29 is 4.74 Å². The number of nitrogens with zero attached hydrogens (tertiary/aromatic N) is 2. The Morgan fingerprint density at radius 3 is 2.88 bits per heavy atom. The summed E-state index contributed by atoms with van der Waals surface area (Å²) in [5.41, 5.74) is 1.08. The first-order valence-electron chi connectivity index (χ1n) is 6.21. The van der Waals surface area contributed by atoms with Crippen molar-refractivity contribution in [1.29, 1.82) is 0 Å². The zero-order valence-electron chi connectivity index (χ0n) is 10.2. The van der Waals surface area contributed by atoms with E-state index in [2.05, 4.69) is 10.4 Å². The molecule has 1 aromatic heterocycles. The number of aromatic nitrogens is 2. The van der Waals surface area contributed by atoms with Gasteiger partial charge in [0, 0.05) is 13.0 Å². The maximum absolute atomic E-state index is 6.23. The average molecular weight is 256 g/mol. The predicted molar refractivity (Wildman–Crippen MR) is 66.0 cm³/mol. The molecule has 2 aliphatic heterocycles. The number of hydrogen-bond donors (Lipinski definition) is 1. The van der Waals surface area contributed by atoms with Crippen molar-refractivity contribution in [3.05, 3.63) is 16.9 Å². The molecule has 0 aliphatic carbocycles. The Bertz CT molecular complexity index is 400. The molecule has 3 heterocycles. The van der Waals surface area contributed by atoms with Crippen LogP contribution < -0.4 is 5.32 Å². The zero-order valence-corrected chi connectivity index (χ0v) is 10.9. The van der Waals surface area contributed by atoms with Gasteiger partial charge >= 0.3 is 0 Å². The van der Waals surface area contributed by atoms with Crippen molar-refractivity contribution in [3.8, 4) is 0 Å². The molecule has 3 rings (SSSR count). The van der Waals surface area contributed by atoms with E-state index in [0.717, 1.165) is 17.1 Å². The Morgan fingerprint density at radius 1 is 1.59 bits per heavy atom. The van der Waals surface area contributed by atoms with Gasteiger partial charge < -0.3 is 10.1 Å². The normalized spacial score (nSPS) is 33.2. The van der Waals surface area contributed by atoms with Crippen LogP contribution in [0.5, 0.6) is 0 Å². The van der Waals surface area contributed by atoms with Crippen molar-refractivity contribution in [2.75, 3.05) is 7.05 Å². The van der Waals surface area contributed by atoms with Crippen LogP contribution >= 0.6 is 11.6 Å². The summed E-state index contributed by atoms with van der Waals surface area (Å²) in [5.74, 6) is 0.520. The third kappa shape index (κ3) is 1.79. The van der Waals surface area contributed by atoms with Crippen LogP contribution in [0.3, 0.4) is 0 Å². The lowest BCUT2D eigenvalue weighted by atomic mass is 9.82. The first kappa shape index (κ1) is 11.5. The lowest BCUT2D eigenvalue weighted by molar-refractivity contribution is 0.0857. The lowest BCUT2D eigenvalue weighted by Crippen LogP contribution is -2.33. The molecule has 17 heavy (non-hydrogen) atoms. The monoisotopic (exact) mass is 255 g/mol. The van der Waals surface area contributed by atoms with Crippen LogP contribution in [0, 0.1) is 5.92 Å². The van der Waals surface area contributed by atoms with Crippen molar-refractivity contribution >= 4 is 11.6 Å². The number of ether oxygens (including phenoxy) is 1. The summed E-state index contributed by atoms with van der Waals surface area (Å²) in [4.78, 5) is 0. The SMILES string of the molecule is CNC(c1c(Cl)cnn1C)C1CC2CCC1O2. The molecule has 2 bridgehead atoms. The van der Waals surface area contributed by atoms with Gasteiger partial charge in [-0.25, -0.2) is 0 Å². The van der Waals surface area contributed by atoms with E-state index in [9.17, 15) is 0 Å². The summed E-state index contributed by atoms with van der Waals surface area (Å²) in [6, 6.07) is 0.241. The summed E-state index contributed by atoms with van der Waals surface area (Å²) >= 11 is 6.23. The minimum atomic E-state index is 0.241. The van der Waals surface area contributed by atoms with E-state index in [1.54, 1.807) is 6.20 Å². The molecule has 1 aromatic rings. The number of hydrogen-bond acceptors (Lipinski definition) is 3. The highest BCUT2D eigenvalue weighted by Crippen LogP contribution is 2.45. The topological polar surface area (TPSA) is 39.1 Å². The van der Waals surface area contributed by atoms with Crippen molar-refractivity contribution in [2.24, 2.45) is 13.0 Å². The van der Waals surface area contributed by atoms with Gasteiger partial charge in [0.25, 0.3) is 0 Å². The summed E-state index contributed by atoms with van der Waals surface area (Å²) in [6.45, 7) is 0. The van der Waals surface area contributed by atoms with E-state index in [-0.39, 0.29) is 6.04 Å². The van der Waals surface area contributed by atoms with Gasteiger partial charge in [0.05, 0.1) is 35.2 Å². The van der Waals surface area contributed by atoms with Crippen LogP contribution in [-0.4, -0.2) is 29.0 Å². The van der Waals surface area contributed by atoms with Crippen molar-refractivity contribution in [2.45, 2.75) is 37.5 Å². The lowest BCUT2D eigenvalue weighted by Gasteiger charge is -2.28. The van der Waals surface area contributed by atoms with E-state index in [4.69, 9.17) is 16.3 Å². The molecular formula is C12H18ClN3O. The Balaban J connectivity index is 1.89. The molecule has 4 nitrogen and oxygen atoms in total. The summed E-state index contributed by atoms with van der Waals surface area (Å²) in [7, 11) is 3.93. The number of halogens is 1. The number of rotatable bonds is 3. The van der Waals surface area contributed by atoms with Gasteiger partial charge in [0.15, 0.2) is 0 Å². The average Bonchev–Trinajstić information content (AvgIpc) is 3.00. The van der Waals surface area contributed by atoms with Gasteiger partial charge in [-0.1, -0.05) is 11.6 Å². The fraction of sp³-hybridized carbons (Fsp3) is 0.750. The van der Waals surface area contributed by atoms with E-state index in [0.29, 0.717) is 18.1 Å². The van der Waals surface area contributed by atoms with Crippen LogP contribution in [0.4, 0.5) is 0 Å². The second-order valence-electron chi connectivity index (χ2n) is 5.04. The maximum atomic E-state index is 6.23. The molecule has 4 unspecified atom stereocenters. The van der Waals surface area contributed by atoms with Gasteiger partial charge in [0.1, 0.15) is 0 Å².